The van der Waals surface area contributed by atoms with Crippen molar-refractivity contribution >= 4 is 0 Å². The van der Waals surface area contributed by atoms with Crippen LogP contribution in [0.3, 0.4) is 0 Å². The third kappa shape index (κ3) is 3.72. The van der Waals surface area contributed by atoms with Crippen molar-refractivity contribution in [1.82, 2.24) is 0 Å². The average molecular weight is 397 g/mol. The minimum atomic E-state index is -0.694. The first-order valence-corrected chi connectivity index (χ1v) is 11.7. The molecule has 0 aliphatic heterocycles. The maximum atomic E-state index is 10.7. The van der Waals surface area contributed by atoms with Crippen LogP contribution in [0.25, 0.3) is 0 Å². The van der Waals surface area contributed by atoms with Gasteiger partial charge in [-0.25, -0.2) is 0 Å². The van der Waals surface area contributed by atoms with Crippen LogP contribution in [0.2, 0.25) is 0 Å². The predicted octanol–water partition coefficient (Wildman–Crippen LogP) is 5.98. The predicted molar refractivity (Wildman–Crippen MR) is 120 cm³/mol. The van der Waals surface area contributed by atoms with Crippen LogP contribution in [0.5, 0.6) is 0 Å². The minimum absolute atomic E-state index is 0.169. The van der Waals surface area contributed by atoms with Crippen molar-refractivity contribution in [3.05, 3.63) is 48.1 Å². The Hall–Kier alpha value is -1.12. The van der Waals surface area contributed by atoms with Crippen molar-refractivity contribution < 1.29 is 10.2 Å². The summed E-state index contributed by atoms with van der Waals surface area (Å²) in [5.41, 5.74) is 1.96. The Morgan fingerprint density at radius 2 is 2.07 bits per heavy atom. The van der Waals surface area contributed by atoms with E-state index in [1.807, 2.05) is 13.8 Å². The molecule has 4 rings (SSSR count). The monoisotopic (exact) mass is 396 g/mol. The van der Waals surface area contributed by atoms with Crippen LogP contribution in [0.4, 0.5) is 0 Å². The van der Waals surface area contributed by atoms with Crippen LogP contribution >= 0.6 is 0 Å². The largest absolute Gasteiger partial charge is 0.390 e. The Morgan fingerprint density at radius 3 is 2.76 bits per heavy atom. The molecule has 7 atom stereocenters. The van der Waals surface area contributed by atoms with Crippen molar-refractivity contribution in [3.8, 4) is 0 Å². The van der Waals surface area contributed by atoms with E-state index in [1.165, 1.54) is 12.0 Å². The van der Waals surface area contributed by atoms with E-state index in [9.17, 15) is 10.2 Å². The Balaban J connectivity index is 1.52. The second kappa shape index (κ2) is 7.24. The lowest BCUT2D eigenvalue weighted by atomic mass is 9.53. The molecule has 0 bridgehead atoms. The highest BCUT2D eigenvalue weighted by Crippen LogP contribution is 2.60. The molecule has 0 heterocycles. The molecule has 0 radical (unpaired) electrons. The fourth-order valence-electron chi connectivity index (χ4n) is 6.99. The Labute approximate surface area is 177 Å². The van der Waals surface area contributed by atoms with Crippen LogP contribution in [-0.4, -0.2) is 21.4 Å². The van der Waals surface area contributed by atoms with E-state index in [0.717, 1.165) is 38.5 Å². The Morgan fingerprint density at radius 1 is 1.31 bits per heavy atom. The van der Waals surface area contributed by atoms with Gasteiger partial charge >= 0.3 is 0 Å². The molecular weight excluding hydrogens is 356 g/mol. The summed E-state index contributed by atoms with van der Waals surface area (Å²) in [6.45, 7) is 12.5. The summed E-state index contributed by atoms with van der Waals surface area (Å²) in [5.74, 6) is 3.15. The molecule has 4 aliphatic rings. The van der Waals surface area contributed by atoms with Crippen molar-refractivity contribution in [2.24, 2.45) is 35.0 Å². The normalized spacial score (nSPS) is 42.3. The first-order chi connectivity index (χ1) is 13.6. The summed E-state index contributed by atoms with van der Waals surface area (Å²) in [7, 11) is 0. The average Bonchev–Trinajstić information content (AvgIpc) is 3.02. The summed E-state index contributed by atoms with van der Waals surface area (Å²) in [6.07, 6.45) is 18.8. The number of hydrogen-bond acceptors (Lipinski definition) is 2. The Kier molecular flexibility index (Phi) is 5.27. The van der Waals surface area contributed by atoms with Crippen LogP contribution < -0.4 is 0 Å². The molecule has 2 nitrogen and oxygen atoms in total. The van der Waals surface area contributed by atoms with Gasteiger partial charge in [0.2, 0.25) is 0 Å². The van der Waals surface area contributed by atoms with Gasteiger partial charge in [-0.05, 0) is 82.0 Å². The quantitative estimate of drug-likeness (QED) is 0.562. The molecule has 2 N–H and O–H groups in total. The maximum Gasteiger partial charge on any atom is 0.0862 e. The van der Waals surface area contributed by atoms with Gasteiger partial charge in [0.25, 0.3) is 0 Å². The second-order valence-electron chi connectivity index (χ2n) is 11.3. The topological polar surface area (TPSA) is 40.5 Å². The number of rotatable bonds is 5. The molecule has 1 saturated carbocycles. The number of allylic oxidation sites excluding steroid dienone is 5. The van der Waals surface area contributed by atoms with Gasteiger partial charge in [0, 0.05) is 11.8 Å². The van der Waals surface area contributed by atoms with Gasteiger partial charge < -0.3 is 10.2 Å². The van der Waals surface area contributed by atoms with Gasteiger partial charge in [0.15, 0.2) is 0 Å². The van der Waals surface area contributed by atoms with Crippen LogP contribution in [-0.2, 0) is 0 Å². The highest BCUT2D eigenvalue weighted by molar-refractivity contribution is 5.36. The molecule has 1 fully saturated rings. The molecule has 160 valence electrons. The molecule has 29 heavy (non-hydrogen) atoms. The first kappa shape index (κ1) is 21.1. The summed E-state index contributed by atoms with van der Waals surface area (Å²) in [6, 6.07) is 0. The molecular formula is C27H40O2. The highest BCUT2D eigenvalue weighted by atomic mass is 16.3. The van der Waals surface area contributed by atoms with Crippen molar-refractivity contribution in [3.63, 3.8) is 0 Å². The van der Waals surface area contributed by atoms with E-state index in [1.54, 1.807) is 11.6 Å². The molecule has 2 heteroatoms. The van der Waals surface area contributed by atoms with Gasteiger partial charge in [-0.2, -0.15) is 0 Å². The van der Waals surface area contributed by atoms with E-state index in [2.05, 4.69) is 44.7 Å². The van der Waals surface area contributed by atoms with E-state index < -0.39 is 11.2 Å². The van der Waals surface area contributed by atoms with Gasteiger partial charge in [-0.1, -0.05) is 55.4 Å². The van der Waals surface area contributed by atoms with Gasteiger partial charge in [0.05, 0.1) is 11.2 Å². The van der Waals surface area contributed by atoms with Crippen LogP contribution in [0.1, 0.15) is 72.6 Å². The summed E-state index contributed by atoms with van der Waals surface area (Å²) >= 11 is 0. The number of fused-ring (bicyclic) bond motifs is 5. The lowest BCUT2D eigenvalue weighted by Crippen LogP contribution is -2.45. The van der Waals surface area contributed by atoms with Gasteiger partial charge in [-0.15, -0.1) is 6.58 Å². The third-order valence-corrected chi connectivity index (χ3v) is 8.75. The fourth-order valence-corrected chi connectivity index (χ4v) is 6.99. The zero-order valence-corrected chi connectivity index (χ0v) is 18.8. The molecule has 0 aromatic carbocycles. The lowest BCUT2D eigenvalue weighted by molar-refractivity contribution is 0.0345. The van der Waals surface area contributed by atoms with E-state index in [4.69, 9.17) is 0 Å². The zero-order chi connectivity index (χ0) is 21.0. The second-order valence-corrected chi connectivity index (χ2v) is 11.3. The van der Waals surface area contributed by atoms with E-state index >= 15 is 0 Å². The first-order valence-electron chi connectivity index (χ1n) is 11.7. The van der Waals surface area contributed by atoms with E-state index in [-0.39, 0.29) is 5.41 Å². The fraction of sp³-hybridized carbons (Fsp3) is 0.704. The Bertz CT molecular complexity index is 751. The number of aliphatic hydroxyl groups is 2. The summed E-state index contributed by atoms with van der Waals surface area (Å²) in [4.78, 5) is 0. The van der Waals surface area contributed by atoms with Crippen molar-refractivity contribution in [2.75, 3.05) is 0 Å². The van der Waals surface area contributed by atoms with Crippen molar-refractivity contribution in [1.29, 1.82) is 0 Å². The maximum absolute atomic E-state index is 10.7. The summed E-state index contributed by atoms with van der Waals surface area (Å²) in [5, 5.41) is 20.9. The lowest BCUT2D eigenvalue weighted by Gasteiger charge is -2.51. The molecule has 4 aliphatic carbocycles. The zero-order valence-electron chi connectivity index (χ0n) is 18.8. The minimum Gasteiger partial charge on any atom is -0.390 e. The molecule has 0 saturated heterocycles. The smallest absolute Gasteiger partial charge is 0.0862 e. The molecule has 4 unspecified atom stereocenters. The van der Waals surface area contributed by atoms with Gasteiger partial charge in [-0.3, -0.25) is 0 Å². The van der Waals surface area contributed by atoms with Crippen LogP contribution in [0, 0.1) is 35.0 Å². The summed E-state index contributed by atoms with van der Waals surface area (Å²) < 4.78 is 0. The highest BCUT2D eigenvalue weighted by Gasteiger charge is 2.52. The molecule has 0 aromatic heterocycles. The van der Waals surface area contributed by atoms with Crippen molar-refractivity contribution in [2.45, 2.75) is 83.8 Å². The number of hydrogen-bond donors (Lipinski definition) is 2. The van der Waals surface area contributed by atoms with Gasteiger partial charge in [0.1, 0.15) is 0 Å². The van der Waals surface area contributed by atoms with Crippen LogP contribution in [0.15, 0.2) is 48.1 Å². The molecule has 0 amide bonds. The van der Waals surface area contributed by atoms with E-state index in [0.29, 0.717) is 29.6 Å². The molecule has 0 aromatic rings. The third-order valence-electron chi connectivity index (χ3n) is 8.75. The molecule has 0 spiro atoms. The SMILES string of the molecule is C=C[C@]1(O)CC[C@H]2C(=CCC3C2C=C[C@]2(C)C(C(C)CCC(C)(C)O)=CCC32)C1. The standard InChI is InChI=1S/C27H40O2/c1-6-27(29)16-13-20-19(17-27)7-8-22-21(20)12-15-26(5)23(9-10-24(22)26)18(2)11-14-25(3,4)28/h6-7,9,12,15,18,20-22,24,28-29H,1,8,10-11,13-14,16-17H2,2-5H3/t18?,20-,21?,22?,24?,26+,27-/m0/s1.